The summed E-state index contributed by atoms with van der Waals surface area (Å²) in [5, 5.41) is 16.8. The molecule has 0 amide bonds. The Bertz CT molecular complexity index is 1070. The van der Waals surface area contributed by atoms with Crippen molar-refractivity contribution in [3.05, 3.63) is 58.6 Å². The van der Waals surface area contributed by atoms with E-state index >= 15 is 0 Å². The molecule has 2 rings (SSSR count). The smallest absolute Gasteiger partial charge is 0.207 e. The van der Waals surface area contributed by atoms with Gasteiger partial charge in [0.2, 0.25) is 0 Å². The van der Waals surface area contributed by atoms with E-state index in [4.69, 9.17) is 43.5 Å². The van der Waals surface area contributed by atoms with E-state index in [9.17, 15) is 16.8 Å². The number of benzene rings is 2. The standard InChI is InChI=1S/C7H3Cl2NO2S.C7H4ClNO2S/c8-6-3-5(4-10)1-2-7(6)13(9,11)12;8-12(10,11)7-3-1-6(5-9)2-4-7/h1-3H;1-4H. The molecule has 0 saturated heterocycles. The zero-order chi connectivity index (χ0) is 19.3. The SMILES string of the molecule is N#Cc1ccc(S(=O)(=O)Cl)c(Cl)c1.N#Cc1ccc(S(=O)(=O)Cl)cc1. The molecule has 2 aromatic rings. The molecule has 0 aliphatic heterocycles. The first-order valence-corrected chi connectivity index (χ1v) is 11.1. The van der Waals surface area contributed by atoms with Crippen molar-refractivity contribution in [2.24, 2.45) is 0 Å². The second-order valence-corrected chi connectivity index (χ2v) is 9.78. The van der Waals surface area contributed by atoms with Gasteiger partial charge in [-0.05, 0) is 42.5 Å². The van der Waals surface area contributed by atoms with Gasteiger partial charge in [-0.2, -0.15) is 10.5 Å². The molecule has 25 heavy (non-hydrogen) atoms. The maximum atomic E-state index is 10.9. The van der Waals surface area contributed by atoms with Crippen LogP contribution in [0, 0.1) is 22.7 Å². The molecule has 0 radical (unpaired) electrons. The van der Waals surface area contributed by atoms with Crippen molar-refractivity contribution in [1.29, 1.82) is 10.5 Å². The Morgan fingerprint density at radius 1 is 0.760 bits per heavy atom. The lowest BCUT2D eigenvalue weighted by atomic mass is 10.2. The summed E-state index contributed by atoms with van der Waals surface area (Å²) in [6.07, 6.45) is 0. The lowest BCUT2D eigenvalue weighted by Crippen LogP contribution is -1.91. The summed E-state index contributed by atoms with van der Waals surface area (Å²) < 4.78 is 43.1. The summed E-state index contributed by atoms with van der Waals surface area (Å²) >= 11 is 5.58. The molecule has 0 heterocycles. The Kier molecular flexibility index (Phi) is 7.24. The van der Waals surface area contributed by atoms with Gasteiger partial charge in [0.1, 0.15) is 4.90 Å². The van der Waals surface area contributed by atoms with E-state index < -0.39 is 18.1 Å². The van der Waals surface area contributed by atoms with Crippen LogP contribution in [-0.4, -0.2) is 16.8 Å². The topological polar surface area (TPSA) is 116 Å². The van der Waals surface area contributed by atoms with Crippen LogP contribution in [0.3, 0.4) is 0 Å². The molecule has 0 spiro atoms. The second-order valence-electron chi connectivity index (χ2n) is 4.27. The zero-order valence-electron chi connectivity index (χ0n) is 12.0. The van der Waals surface area contributed by atoms with Gasteiger partial charge in [0.15, 0.2) is 0 Å². The highest BCUT2D eigenvalue weighted by Crippen LogP contribution is 2.25. The van der Waals surface area contributed by atoms with Crippen LogP contribution in [0.15, 0.2) is 52.3 Å². The van der Waals surface area contributed by atoms with E-state index in [1.54, 1.807) is 0 Å². The molecule has 0 fully saturated rings. The minimum absolute atomic E-state index is 0.00293. The molecule has 2 aromatic carbocycles. The monoisotopic (exact) mass is 436 g/mol. The van der Waals surface area contributed by atoms with Gasteiger partial charge in [0.05, 0.1) is 33.2 Å². The van der Waals surface area contributed by atoms with Crippen LogP contribution in [0.5, 0.6) is 0 Å². The molecular formula is C14H7Cl3N2O4S2. The van der Waals surface area contributed by atoms with Crippen LogP contribution in [0.2, 0.25) is 5.02 Å². The molecule has 0 atom stereocenters. The van der Waals surface area contributed by atoms with Gasteiger partial charge in [-0.15, -0.1) is 0 Å². The largest absolute Gasteiger partial charge is 0.262 e. The van der Waals surface area contributed by atoms with Gasteiger partial charge in [0, 0.05) is 21.4 Å². The predicted octanol–water partition coefficient (Wildman–Crippen LogP) is 3.62. The average molecular weight is 438 g/mol. The zero-order valence-corrected chi connectivity index (χ0v) is 15.9. The summed E-state index contributed by atoms with van der Waals surface area (Å²) in [5.41, 5.74) is 0.688. The lowest BCUT2D eigenvalue weighted by molar-refractivity contribution is 0.608. The summed E-state index contributed by atoms with van der Waals surface area (Å²) in [7, 11) is 2.62. The van der Waals surface area contributed by atoms with Crippen molar-refractivity contribution in [3.8, 4) is 12.1 Å². The predicted molar refractivity (Wildman–Crippen MR) is 93.4 cm³/mol. The van der Waals surface area contributed by atoms with Crippen LogP contribution in [0.1, 0.15) is 11.1 Å². The maximum absolute atomic E-state index is 10.9. The molecule has 0 aliphatic carbocycles. The highest BCUT2D eigenvalue weighted by atomic mass is 35.7. The van der Waals surface area contributed by atoms with Crippen LogP contribution < -0.4 is 0 Å². The van der Waals surface area contributed by atoms with Crippen LogP contribution in [-0.2, 0) is 18.1 Å². The van der Waals surface area contributed by atoms with E-state index in [1.165, 1.54) is 42.5 Å². The maximum Gasteiger partial charge on any atom is 0.262 e. The molecule has 0 aliphatic rings. The average Bonchev–Trinajstić information content (AvgIpc) is 2.53. The first kappa shape index (κ1) is 21.2. The molecule has 130 valence electrons. The first-order valence-electron chi connectivity index (χ1n) is 6.08. The minimum Gasteiger partial charge on any atom is -0.207 e. The highest BCUT2D eigenvalue weighted by Gasteiger charge is 2.14. The van der Waals surface area contributed by atoms with Crippen molar-refractivity contribution in [2.75, 3.05) is 0 Å². The Labute approximate surface area is 158 Å². The summed E-state index contributed by atoms with van der Waals surface area (Å²) in [5.74, 6) is 0. The second kappa shape index (κ2) is 8.52. The summed E-state index contributed by atoms with van der Waals surface area (Å²) in [4.78, 5) is -0.182. The van der Waals surface area contributed by atoms with Crippen molar-refractivity contribution < 1.29 is 16.8 Å². The number of nitriles is 2. The van der Waals surface area contributed by atoms with Gasteiger partial charge in [-0.1, -0.05) is 11.6 Å². The van der Waals surface area contributed by atoms with Crippen LogP contribution >= 0.6 is 33.0 Å². The Hall–Kier alpha value is -1.81. The van der Waals surface area contributed by atoms with E-state index in [1.807, 2.05) is 12.1 Å². The van der Waals surface area contributed by atoms with Crippen LogP contribution in [0.25, 0.3) is 0 Å². The number of halogens is 3. The van der Waals surface area contributed by atoms with Crippen LogP contribution in [0.4, 0.5) is 0 Å². The Morgan fingerprint density at radius 3 is 1.60 bits per heavy atom. The Balaban J connectivity index is 0.000000251. The molecular weight excluding hydrogens is 431 g/mol. The molecule has 0 unspecified atom stereocenters. The normalized spacial score (nSPS) is 10.8. The number of rotatable bonds is 2. The number of hydrogen-bond acceptors (Lipinski definition) is 6. The van der Waals surface area contributed by atoms with E-state index in [0.29, 0.717) is 5.56 Å². The van der Waals surface area contributed by atoms with Gasteiger partial charge in [0.25, 0.3) is 18.1 Å². The fourth-order valence-corrected chi connectivity index (χ4v) is 3.76. The van der Waals surface area contributed by atoms with Gasteiger partial charge in [-0.3, -0.25) is 0 Å². The number of hydrogen-bond donors (Lipinski definition) is 0. The van der Waals surface area contributed by atoms with Gasteiger partial charge < -0.3 is 0 Å². The molecule has 0 saturated carbocycles. The van der Waals surface area contributed by atoms with Crippen molar-refractivity contribution >= 4 is 51.1 Å². The van der Waals surface area contributed by atoms with E-state index in [-0.39, 0.29) is 20.4 Å². The Morgan fingerprint density at radius 2 is 1.24 bits per heavy atom. The molecule has 0 N–H and O–H groups in total. The third kappa shape index (κ3) is 6.54. The third-order valence-electron chi connectivity index (χ3n) is 2.59. The van der Waals surface area contributed by atoms with Crippen molar-refractivity contribution in [3.63, 3.8) is 0 Å². The molecule has 0 aromatic heterocycles. The molecule has 11 heteroatoms. The highest BCUT2D eigenvalue weighted by molar-refractivity contribution is 8.14. The van der Waals surface area contributed by atoms with Crippen molar-refractivity contribution in [1.82, 2.24) is 0 Å². The molecule has 0 bridgehead atoms. The lowest BCUT2D eigenvalue weighted by Gasteiger charge is -1.98. The van der Waals surface area contributed by atoms with Crippen molar-refractivity contribution in [2.45, 2.75) is 9.79 Å². The fourth-order valence-electron chi connectivity index (χ4n) is 1.46. The third-order valence-corrected chi connectivity index (χ3v) is 5.76. The molecule has 6 nitrogen and oxygen atoms in total. The minimum atomic E-state index is -3.83. The van der Waals surface area contributed by atoms with Gasteiger partial charge in [-0.25, -0.2) is 16.8 Å². The van der Waals surface area contributed by atoms with Gasteiger partial charge >= 0.3 is 0 Å². The quantitative estimate of drug-likeness (QED) is 0.662. The summed E-state index contributed by atoms with van der Waals surface area (Å²) in [6.45, 7) is 0. The van der Waals surface area contributed by atoms with E-state index in [2.05, 4.69) is 0 Å². The number of nitrogens with zero attached hydrogens (tertiary/aromatic N) is 2. The fraction of sp³-hybridized carbons (Fsp3) is 0. The first-order chi connectivity index (χ1) is 11.5. The summed E-state index contributed by atoms with van der Waals surface area (Å²) in [6, 6.07) is 12.9. The van der Waals surface area contributed by atoms with E-state index in [0.717, 1.165) is 0 Å².